The van der Waals surface area contributed by atoms with Crippen LogP contribution in [-0.4, -0.2) is 24.1 Å². The van der Waals surface area contributed by atoms with Crippen molar-refractivity contribution in [3.05, 3.63) is 24.0 Å². The molecule has 0 radical (unpaired) electrons. The van der Waals surface area contributed by atoms with Crippen LogP contribution in [0.25, 0.3) is 0 Å². The molecule has 2 bridgehead atoms. The summed E-state index contributed by atoms with van der Waals surface area (Å²) in [6, 6.07) is 4.26. The van der Waals surface area contributed by atoms with Crippen LogP contribution in [0.2, 0.25) is 0 Å². The van der Waals surface area contributed by atoms with E-state index in [1.54, 1.807) is 12.3 Å². The molecule has 0 spiro atoms. The van der Waals surface area contributed by atoms with Crippen molar-refractivity contribution in [2.24, 2.45) is 11.8 Å². The second-order valence-electron chi connectivity index (χ2n) is 5.35. The molecule has 1 heterocycles. The summed E-state index contributed by atoms with van der Waals surface area (Å²) in [5, 5.41) is 3.54. The molecule has 4 heteroatoms. The number of pyridine rings is 1. The summed E-state index contributed by atoms with van der Waals surface area (Å²) < 4.78 is 4.68. The van der Waals surface area contributed by atoms with Gasteiger partial charge in [-0.3, -0.25) is 0 Å². The van der Waals surface area contributed by atoms with Gasteiger partial charge in [0.05, 0.1) is 7.11 Å². The van der Waals surface area contributed by atoms with Gasteiger partial charge in [0.2, 0.25) is 0 Å². The first-order valence-corrected chi connectivity index (χ1v) is 6.57. The third-order valence-corrected chi connectivity index (χ3v) is 4.24. The molecule has 3 unspecified atom stereocenters. The molecule has 96 valence electrons. The number of esters is 1. The van der Waals surface area contributed by atoms with E-state index < -0.39 is 0 Å². The van der Waals surface area contributed by atoms with Gasteiger partial charge in [-0.2, -0.15) is 0 Å². The van der Waals surface area contributed by atoms with E-state index in [9.17, 15) is 4.79 Å². The third-order valence-electron chi connectivity index (χ3n) is 4.24. The highest BCUT2D eigenvalue weighted by Crippen LogP contribution is 2.45. The fourth-order valence-electron chi connectivity index (χ4n) is 3.37. The number of rotatable bonds is 3. The highest BCUT2D eigenvalue weighted by Gasteiger charge is 2.39. The van der Waals surface area contributed by atoms with Crippen molar-refractivity contribution in [3.8, 4) is 0 Å². The predicted octanol–water partition coefficient (Wildman–Crippen LogP) is 2.47. The number of anilines is 1. The number of carbonyl (C=O) groups is 1. The molecule has 1 aromatic rings. The van der Waals surface area contributed by atoms with E-state index in [1.807, 2.05) is 6.07 Å². The van der Waals surface area contributed by atoms with Crippen LogP contribution in [0.1, 0.15) is 36.2 Å². The number of nitrogens with zero attached hydrogens (tertiary/aromatic N) is 1. The molecule has 4 nitrogen and oxygen atoms in total. The lowest BCUT2D eigenvalue weighted by atomic mass is 9.95. The number of ether oxygens (including phenoxy) is 1. The molecule has 1 N–H and O–H groups in total. The minimum atomic E-state index is -0.383. The topological polar surface area (TPSA) is 51.2 Å². The van der Waals surface area contributed by atoms with Crippen molar-refractivity contribution >= 4 is 11.7 Å². The molecule has 2 saturated carbocycles. The average Bonchev–Trinajstić information content (AvgIpc) is 3.00. The van der Waals surface area contributed by atoms with Crippen LogP contribution in [-0.2, 0) is 4.74 Å². The maximum absolute atomic E-state index is 11.4. The highest BCUT2D eigenvalue weighted by atomic mass is 16.5. The number of aromatic nitrogens is 1. The average molecular weight is 246 g/mol. The highest BCUT2D eigenvalue weighted by molar-refractivity contribution is 5.88. The Morgan fingerprint density at radius 3 is 3.00 bits per heavy atom. The number of hydrogen-bond acceptors (Lipinski definition) is 4. The van der Waals surface area contributed by atoms with E-state index >= 15 is 0 Å². The van der Waals surface area contributed by atoms with Gasteiger partial charge in [0.1, 0.15) is 5.69 Å². The molecule has 3 rings (SSSR count). The molecule has 0 aliphatic heterocycles. The zero-order chi connectivity index (χ0) is 12.5. The lowest BCUT2D eigenvalue weighted by Crippen LogP contribution is -2.26. The van der Waals surface area contributed by atoms with E-state index in [2.05, 4.69) is 15.0 Å². The lowest BCUT2D eigenvalue weighted by Gasteiger charge is -2.24. The zero-order valence-corrected chi connectivity index (χ0v) is 10.6. The second-order valence-corrected chi connectivity index (χ2v) is 5.35. The Balaban J connectivity index is 1.71. The molecule has 0 saturated heterocycles. The summed E-state index contributed by atoms with van der Waals surface area (Å²) in [6.45, 7) is 0. The van der Waals surface area contributed by atoms with E-state index in [4.69, 9.17) is 0 Å². The van der Waals surface area contributed by atoms with E-state index in [-0.39, 0.29) is 5.97 Å². The summed E-state index contributed by atoms with van der Waals surface area (Å²) in [5.41, 5.74) is 1.34. The number of fused-ring (bicyclic) bond motifs is 2. The Kier molecular flexibility index (Phi) is 2.94. The first kappa shape index (κ1) is 11.5. The van der Waals surface area contributed by atoms with Crippen LogP contribution in [0.4, 0.5) is 5.69 Å². The molecule has 3 atom stereocenters. The SMILES string of the molecule is COC(=O)c1cc(NC2CC3CCC2C3)ccn1. The van der Waals surface area contributed by atoms with Gasteiger partial charge in [0, 0.05) is 17.9 Å². The Labute approximate surface area is 107 Å². The van der Waals surface area contributed by atoms with Crippen LogP contribution in [0.5, 0.6) is 0 Å². The van der Waals surface area contributed by atoms with Crippen molar-refractivity contribution in [1.82, 2.24) is 4.98 Å². The van der Waals surface area contributed by atoms with E-state index in [0.29, 0.717) is 11.7 Å². The van der Waals surface area contributed by atoms with Gasteiger partial charge in [-0.05, 0) is 43.2 Å². The lowest BCUT2D eigenvalue weighted by molar-refractivity contribution is 0.0594. The fraction of sp³-hybridized carbons (Fsp3) is 0.571. The van der Waals surface area contributed by atoms with Crippen LogP contribution in [0.3, 0.4) is 0 Å². The molecule has 2 aliphatic carbocycles. The van der Waals surface area contributed by atoms with Crippen LogP contribution >= 0.6 is 0 Å². The quantitative estimate of drug-likeness (QED) is 0.832. The van der Waals surface area contributed by atoms with Crippen molar-refractivity contribution in [3.63, 3.8) is 0 Å². The molecular weight excluding hydrogens is 228 g/mol. The van der Waals surface area contributed by atoms with Crippen LogP contribution < -0.4 is 5.32 Å². The number of hydrogen-bond donors (Lipinski definition) is 1. The first-order valence-electron chi connectivity index (χ1n) is 6.57. The predicted molar refractivity (Wildman–Crippen MR) is 68.4 cm³/mol. The first-order chi connectivity index (χ1) is 8.76. The Morgan fingerprint density at radius 1 is 1.44 bits per heavy atom. The van der Waals surface area contributed by atoms with E-state index in [0.717, 1.165) is 17.5 Å². The molecule has 0 aromatic carbocycles. The molecule has 1 aromatic heterocycles. The Morgan fingerprint density at radius 2 is 2.33 bits per heavy atom. The number of nitrogens with one attached hydrogen (secondary N) is 1. The monoisotopic (exact) mass is 246 g/mol. The number of carbonyl (C=O) groups excluding carboxylic acids is 1. The second kappa shape index (κ2) is 4.59. The molecule has 2 aliphatic rings. The molecular formula is C14H18N2O2. The summed E-state index contributed by atoms with van der Waals surface area (Å²) in [4.78, 5) is 15.4. The van der Waals surface area contributed by atoms with Gasteiger partial charge >= 0.3 is 5.97 Å². The fourth-order valence-corrected chi connectivity index (χ4v) is 3.37. The van der Waals surface area contributed by atoms with Crippen LogP contribution in [0.15, 0.2) is 18.3 Å². The smallest absolute Gasteiger partial charge is 0.356 e. The maximum Gasteiger partial charge on any atom is 0.356 e. The maximum atomic E-state index is 11.4. The van der Waals surface area contributed by atoms with Gasteiger partial charge in [-0.15, -0.1) is 0 Å². The third kappa shape index (κ3) is 2.07. The molecule has 0 amide bonds. The number of methoxy groups -OCH3 is 1. The normalized spacial score (nSPS) is 29.3. The largest absolute Gasteiger partial charge is 0.464 e. The van der Waals surface area contributed by atoms with Gasteiger partial charge in [0.25, 0.3) is 0 Å². The molecule has 2 fully saturated rings. The minimum absolute atomic E-state index is 0.366. The summed E-state index contributed by atoms with van der Waals surface area (Å²) in [7, 11) is 1.38. The van der Waals surface area contributed by atoms with Gasteiger partial charge in [-0.1, -0.05) is 6.42 Å². The van der Waals surface area contributed by atoms with Gasteiger partial charge < -0.3 is 10.1 Å². The zero-order valence-electron chi connectivity index (χ0n) is 10.6. The van der Waals surface area contributed by atoms with Crippen molar-refractivity contribution in [2.75, 3.05) is 12.4 Å². The standard InChI is InChI=1S/C14H18N2O2/c1-18-14(17)13-8-11(4-5-15-13)16-12-7-9-2-3-10(12)6-9/h4-5,8-10,12H,2-3,6-7H2,1H3,(H,15,16). The minimum Gasteiger partial charge on any atom is -0.464 e. The summed E-state index contributed by atoms with van der Waals surface area (Å²) >= 11 is 0. The van der Waals surface area contributed by atoms with Crippen LogP contribution in [0, 0.1) is 11.8 Å². The van der Waals surface area contributed by atoms with Crippen molar-refractivity contribution in [1.29, 1.82) is 0 Å². The van der Waals surface area contributed by atoms with Crippen molar-refractivity contribution < 1.29 is 9.53 Å². The molecule has 18 heavy (non-hydrogen) atoms. The summed E-state index contributed by atoms with van der Waals surface area (Å²) in [6.07, 6.45) is 7.03. The van der Waals surface area contributed by atoms with E-state index in [1.165, 1.54) is 32.8 Å². The van der Waals surface area contributed by atoms with Gasteiger partial charge in [0.15, 0.2) is 0 Å². The Hall–Kier alpha value is -1.58. The van der Waals surface area contributed by atoms with Gasteiger partial charge in [-0.25, -0.2) is 9.78 Å². The Bertz CT molecular complexity index is 461. The van der Waals surface area contributed by atoms with Crippen molar-refractivity contribution in [2.45, 2.75) is 31.7 Å². The summed E-state index contributed by atoms with van der Waals surface area (Å²) in [5.74, 6) is 1.34.